The molecule has 0 radical (unpaired) electrons. The lowest BCUT2D eigenvalue weighted by atomic mass is 10.1. The summed E-state index contributed by atoms with van der Waals surface area (Å²) in [5, 5.41) is 9.34. The van der Waals surface area contributed by atoms with Gasteiger partial charge in [0.25, 0.3) is 0 Å². The number of halogens is 1. The molecule has 0 unspecified atom stereocenters. The number of carbonyl (C=O) groups excluding carboxylic acids is 1. The van der Waals surface area contributed by atoms with Gasteiger partial charge in [-0.2, -0.15) is 0 Å². The number of esters is 1. The Bertz CT molecular complexity index is 694. The van der Waals surface area contributed by atoms with Gasteiger partial charge in [0, 0.05) is 5.02 Å². The van der Waals surface area contributed by atoms with Crippen LogP contribution in [-0.4, -0.2) is 24.2 Å². The topological polar surface area (TPSA) is 72.8 Å². The maximum Gasteiger partial charge on any atom is 0.339 e. The van der Waals surface area contributed by atoms with Gasteiger partial charge in [0.2, 0.25) is 0 Å². The summed E-state index contributed by atoms with van der Waals surface area (Å²) in [6, 6.07) is 11.0. The Balaban J connectivity index is 2.10. The van der Waals surface area contributed by atoms with E-state index in [9.17, 15) is 9.59 Å². The number of rotatable bonds is 5. The molecule has 0 amide bonds. The van der Waals surface area contributed by atoms with E-state index < -0.39 is 11.9 Å². The highest BCUT2D eigenvalue weighted by Crippen LogP contribution is 2.23. The summed E-state index contributed by atoms with van der Waals surface area (Å²) < 4.78 is 10.1. The molecule has 114 valence electrons. The minimum Gasteiger partial charge on any atom is -0.497 e. The lowest BCUT2D eigenvalue weighted by Crippen LogP contribution is -2.13. The highest BCUT2D eigenvalue weighted by Gasteiger charge is 2.15. The number of aromatic carboxylic acids is 1. The number of carboxylic acid groups (broad SMARTS) is 1. The van der Waals surface area contributed by atoms with Crippen molar-refractivity contribution in [2.45, 2.75) is 6.42 Å². The van der Waals surface area contributed by atoms with Crippen LogP contribution in [0.25, 0.3) is 0 Å². The Labute approximate surface area is 132 Å². The van der Waals surface area contributed by atoms with Crippen molar-refractivity contribution in [3.63, 3.8) is 0 Å². The summed E-state index contributed by atoms with van der Waals surface area (Å²) in [6.07, 6.45) is 0.0195. The van der Waals surface area contributed by atoms with Crippen LogP contribution in [0.5, 0.6) is 11.5 Å². The van der Waals surface area contributed by atoms with Gasteiger partial charge >= 0.3 is 11.9 Å². The highest BCUT2D eigenvalue weighted by molar-refractivity contribution is 6.31. The van der Waals surface area contributed by atoms with Crippen LogP contribution in [-0.2, 0) is 11.2 Å². The maximum absolute atomic E-state index is 11.9. The van der Waals surface area contributed by atoms with Crippen molar-refractivity contribution in [3.05, 3.63) is 58.6 Å². The standard InChI is InChI=1S/C16H13ClO5/c1-21-12-5-2-10(3-6-12)8-15(18)22-14-7-4-11(17)9-13(14)16(19)20/h2-7,9H,8H2,1H3,(H,19,20). The molecule has 1 N–H and O–H groups in total. The van der Waals surface area contributed by atoms with Crippen LogP contribution in [0.3, 0.4) is 0 Å². The average Bonchev–Trinajstić information content (AvgIpc) is 2.49. The molecule has 6 heteroatoms. The molecular weight excluding hydrogens is 308 g/mol. The molecule has 2 rings (SSSR count). The number of hydrogen-bond donors (Lipinski definition) is 1. The van der Waals surface area contributed by atoms with E-state index in [4.69, 9.17) is 26.2 Å². The quantitative estimate of drug-likeness (QED) is 0.676. The zero-order valence-electron chi connectivity index (χ0n) is 11.7. The van der Waals surface area contributed by atoms with Crippen LogP contribution in [0.15, 0.2) is 42.5 Å². The number of hydrogen-bond acceptors (Lipinski definition) is 4. The Morgan fingerprint density at radius 2 is 1.82 bits per heavy atom. The first-order chi connectivity index (χ1) is 10.5. The summed E-state index contributed by atoms with van der Waals surface area (Å²) in [5.74, 6) is -1.12. The van der Waals surface area contributed by atoms with E-state index in [1.54, 1.807) is 31.4 Å². The third-order valence-corrected chi connectivity index (χ3v) is 3.14. The van der Waals surface area contributed by atoms with Crippen LogP contribution in [0.1, 0.15) is 15.9 Å². The van der Waals surface area contributed by atoms with Gasteiger partial charge in [0.05, 0.1) is 13.5 Å². The van der Waals surface area contributed by atoms with Crippen LogP contribution in [0.4, 0.5) is 0 Å². The van der Waals surface area contributed by atoms with Gasteiger partial charge in [0.1, 0.15) is 17.1 Å². The van der Waals surface area contributed by atoms with Gasteiger partial charge in [-0.05, 0) is 35.9 Å². The Morgan fingerprint density at radius 1 is 1.14 bits per heavy atom. The van der Waals surface area contributed by atoms with E-state index in [-0.39, 0.29) is 22.8 Å². The SMILES string of the molecule is COc1ccc(CC(=O)Oc2ccc(Cl)cc2C(=O)O)cc1. The first-order valence-corrected chi connectivity index (χ1v) is 6.74. The number of methoxy groups -OCH3 is 1. The van der Waals surface area contributed by atoms with E-state index in [1.165, 1.54) is 18.2 Å². The molecule has 0 saturated carbocycles. The minimum atomic E-state index is -1.21. The highest BCUT2D eigenvalue weighted by atomic mass is 35.5. The molecule has 0 aromatic heterocycles. The summed E-state index contributed by atoms with van der Waals surface area (Å²) in [7, 11) is 1.55. The molecule has 2 aromatic rings. The molecular formula is C16H13ClO5. The molecule has 0 fully saturated rings. The molecule has 0 bridgehead atoms. The van der Waals surface area contributed by atoms with Crippen molar-refractivity contribution in [2.75, 3.05) is 7.11 Å². The lowest BCUT2D eigenvalue weighted by Gasteiger charge is -2.08. The van der Waals surface area contributed by atoms with Crippen LogP contribution in [0, 0.1) is 0 Å². The van der Waals surface area contributed by atoms with Gasteiger partial charge in [-0.25, -0.2) is 4.79 Å². The van der Waals surface area contributed by atoms with Gasteiger partial charge in [0.15, 0.2) is 0 Å². The molecule has 0 spiro atoms. The van der Waals surface area contributed by atoms with Crippen LogP contribution in [0.2, 0.25) is 5.02 Å². The van der Waals surface area contributed by atoms with E-state index in [2.05, 4.69) is 0 Å². The second kappa shape index (κ2) is 6.95. The number of benzene rings is 2. The molecule has 0 heterocycles. The van der Waals surface area contributed by atoms with Gasteiger partial charge in [-0.15, -0.1) is 0 Å². The molecule has 5 nitrogen and oxygen atoms in total. The van der Waals surface area contributed by atoms with Gasteiger partial charge in [-0.3, -0.25) is 4.79 Å². The van der Waals surface area contributed by atoms with Crippen molar-refractivity contribution >= 4 is 23.5 Å². The smallest absolute Gasteiger partial charge is 0.339 e. The van der Waals surface area contributed by atoms with Gasteiger partial charge < -0.3 is 14.6 Å². The molecule has 0 aliphatic carbocycles. The number of carbonyl (C=O) groups is 2. The molecule has 0 saturated heterocycles. The van der Waals surface area contributed by atoms with Crippen molar-refractivity contribution in [1.82, 2.24) is 0 Å². The van der Waals surface area contributed by atoms with Crippen LogP contribution < -0.4 is 9.47 Å². The molecule has 0 aliphatic heterocycles. The van der Waals surface area contributed by atoms with Crippen molar-refractivity contribution in [2.24, 2.45) is 0 Å². The third kappa shape index (κ3) is 3.99. The van der Waals surface area contributed by atoms with Crippen LogP contribution >= 0.6 is 11.6 Å². The second-order valence-corrected chi connectivity index (χ2v) is 4.88. The zero-order chi connectivity index (χ0) is 16.1. The van der Waals surface area contributed by atoms with Crippen molar-refractivity contribution < 1.29 is 24.2 Å². The zero-order valence-corrected chi connectivity index (χ0v) is 12.5. The molecule has 0 aliphatic rings. The summed E-state index contributed by atoms with van der Waals surface area (Å²) in [4.78, 5) is 23.0. The summed E-state index contributed by atoms with van der Waals surface area (Å²) in [5.41, 5.74) is 0.576. The predicted octanol–water partition coefficient (Wildman–Crippen LogP) is 3.19. The first kappa shape index (κ1) is 15.9. The first-order valence-electron chi connectivity index (χ1n) is 6.36. The Hall–Kier alpha value is -2.53. The lowest BCUT2D eigenvalue weighted by molar-refractivity contribution is -0.133. The molecule has 0 atom stereocenters. The predicted molar refractivity (Wildman–Crippen MR) is 80.7 cm³/mol. The third-order valence-electron chi connectivity index (χ3n) is 2.90. The summed E-state index contributed by atoms with van der Waals surface area (Å²) in [6.45, 7) is 0. The second-order valence-electron chi connectivity index (χ2n) is 4.44. The maximum atomic E-state index is 11.9. The van der Waals surface area contributed by atoms with E-state index in [0.717, 1.165) is 5.56 Å². The average molecular weight is 321 g/mol. The van der Waals surface area contributed by atoms with E-state index in [0.29, 0.717) is 5.75 Å². The summed E-state index contributed by atoms with van der Waals surface area (Å²) >= 11 is 5.74. The molecule has 22 heavy (non-hydrogen) atoms. The fourth-order valence-electron chi connectivity index (χ4n) is 1.83. The fourth-order valence-corrected chi connectivity index (χ4v) is 2.00. The Morgan fingerprint density at radius 3 is 2.41 bits per heavy atom. The fraction of sp³-hybridized carbons (Fsp3) is 0.125. The largest absolute Gasteiger partial charge is 0.497 e. The monoisotopic (exact) mass is 320 g/mol. The van der Waals surface area contributed by atoms with Gasteiger partial charge in [-0.1, -0.05) is 23.7 Å². The number of carboxylic acids is 1. The Kier molecular flexibility index (Phi) is 5.01. The molecule has 2 aromatic carbocycles. The van der Waals surface area contributed by atoms with E-state index >= 15 is 0 Å². The van der Waals surface area contributed by atoms with E-state index in [1.807, 2.05) is 0 Å². The van der Waals surface area contributed by atoms with Crippen molar-refractivity contribution in [3.8, 4) is 11.5 Å². The normalized spacial score (nSPS) is 10.1. The minimum absolute atomic E-state index is 0.0195. The number of ether oxygens (including phenoxy) is 2. The van der Waals surface area contributed by atoms with Crippen molar-refractivity contribution in [1.29, 1.82) is 0 Å².